The van der Waals surface area contributed by atoms with Crippen LogP contribution in [0.2, 0.25) is 10.0 Å². The van der Waals surface area contributed by atoms with Crippen molar-refractivity contribution in [2.24, 2.45) is 34.5 Å². The van der Waals surface area contributed by atoms with E-state index in [9.17, 15) is 33.9 Å². The number of esters is 1. The molecule has 20 heteroatoms. The normalized spacial score (nSPS) is 28.4. The summed E-state index contributed by atoms with van der Waals surface area (Å²) in [5.41, 5.74) is 1.74. The number of carboxylic acid groups (broad SMARTS) is 1. The van der Waals surface area contributed by atoms with E-state index in [4.69, 9.17) is 37.4 Å². The minimum Gasteiger partial charge on any atom is -0.870 e. The zero-order valence-electron chi connectivity index (χ0n) is 49.2. The number of fused-ring (bicyclic) bond motifs is 6. The number of carbonyl (C=O) groups excluding carboxylic acids is 5. The fourth-order valence-corrected chi connectivity index (χ4v) is 15.6. The Morgan fingerprint density at radius 1 is 0.621 bits per heavy atom. The van der Waals surface area contributed by atoms with Crippen molar-refractivity contribution < 1.29 is 83.1 Å². The predicted molar refractivity (Wildman–Crippen MR) is 332 cm³/mol. The minimum atomic E-state index is -1.09. The number of carbonyl (C=O) groups is 6. The summed E-state index contributed by atoms with van der Waals surface area (Å²) in [6, 6.07) is 29.5. The number of methoxy groups -OCH3 is 1. The average molecular weight is 1270 g/mol. The molecule has 2 N–H and O–H groups in total. The molecule has 0 radical (unpaired) electrons. The number of aliphatic carboxylic acids is 1. The van der Waals surface area contributed by atoms with E-state index in [-0.39, 0.29) is 114 Å². The summed E-state index contributed by atoms with van der Waals surface area (Å²) in [5.74, 6) is -2.50. The molecule has 454 valence electrons. The maximum Gasteiger partial charge on any atom is 1.00 e. The summed E-state index contributed by atoms with van der Waals surface area (Å²) in [4.78, 5) is 94.6. The standard InChI is InChI=1S/C34H37ClN2O5S.C33H35ClN2O5S.Na.H2O/c1-41-32(40)34-19-24(34)12-6-4-2-3-5-11-23(16-22-10-9-13-25(35)17-22)31(39)37-21-26(18-28(37)29(38)20-34)42-33-36-27-14-7-8-15-30(27)43-33;34-24-12-8-9-21(16-24)15-22-10-4-2-1-3-5-11-23-18-33(23,31(39)40)19-28(37)27-17-25(20-36(27)30(22)38)41-32-35-26-13-6-7-14-29(26)42-32;;/h6-10,12-15,17,23-24,26,28H,2-5,11,16,18-21H2,1H3;5-9,11-14,16,22-23,25,27H,1-4,10,15,17-20H2,(H,39,40);;1H2/q;;+1;/p-1/b12-6-;11-5-;;/t23-,24-,26-,28+,34-;22-,23-,25-,27+,33-;;/m11../s1. The van der Waals surface area contributed by atoms with Gasteiger partial charge in [-0.3, -0.25) is 28.8 Å². The van der Waals surface area contributed by atoms with Crippen molar-refractivity contribution in [2.45, 2.75) is 140 Å². The van der Waals surface area contributed by atoms with Crippen molar-refractivity contribution >= 4 is 102 Å². The molecular weight excluding hydrogens is 1190 g/mol. The first-order chi connectivity index (χ1) is 41.2. The second-order valence-corrected chi connectivity index (χ2v) is 26.9. The molecular formula is C67H73Cl2N4NaO11S2. The summed E-state index contributed by atoms with van der Waals surface area (Å²) < 4.78 is 19.8. The molecule has 4 aliphatic heterocycles. The number of rotatable bonds is 10. The number of allylic oxidation sites excluding steroid dienone is 4. The molecule has 6 aliphatic rings. The van der Waals surface area contributed by atoms with Gasteiger partial charge in [-0.25, -0.2) is 9.97 Å². The molecule has 15 nitrogen and oxygen atoms in total. The Labute approximate surface area is 547 Å². The number of amides is 2. The quantitative estimate of drug-likeness (QED) is 0.0769. The Morgan fingerprint density at radius 2 is 1.07 bits per heavy atom. The molecule has 87 heavy (non-hydrogen) atoms. The topological polar surface area (TPSA) is 213 Å². The van der Waals surface area contributed by atoms with E-state index in [1.165, 1.54) is 29.8 Å². The van der Waals surface area contributed by atoms with Crippen LogP contribution in [0.3, 0.4) is 0 Å². The van der Waals surface area contributed by atoms with E-state index in [0.717, 1.165) is 89.3 Å². The predicted octanol–water partition coefficient (Wildman–Crippen LogP) is 10.4. The molecule has 2 amide bonds. The molecule has 2 saturated heterocycles. The molecule has 10 atom stereocenters. The zero-order valence-corrected chi connectivity index (χ0v) is 54.4. The van der Waals surface area contributed by atoms with Crippen molar-refractivity contribution in [3.63, 3.8) is 0 Å². The van der Waals surface area contributed by atoms with Gasteiger partial charge >= 0.3 is 41.5 Å². The van der Waals surface area contributed by atoms with Crippen LogP contribution in [0.4, 0.5) is 0 Å². The number of thiazole rings is 2. The van der Waals surface area contributed by atoms with Gasteiger partial charge < -0.3 is 34.6 Å². The van der Waals surface area contributed by atoms with Gasteiger partial charge in [0.25, 0.3) is 10.4 Å². The van der Waals surface area contributed by atoms with Gasteiger partial charge in [-0.2, -0.15) is 0 Å². The van der Waals surface area contributed by atoms with Gasteiger partial charge in [-0.1, -0.05) is 144 Å². The van der Waals surface area contributed by atoms with Crippen molar-refractivity contribution in [3.05, 3.63) is 143 Å². The number of ether oxygens (including phenoxy) is 3. The summed E-state index contributed by atoms with van der Waals surface area (Å²) in [7, 11) is 1.38. The summed E-state index contributed by atoms with van der Waals surface area (Å²) in [5, 5.41) is 12.4. The van der Waals surface area contributed by atoms with Gasteiger partial charge in [0.2, 0.25) is 11.8 Å². The molecule has 0 bridgehead atoms. The molecule has 4 fully saturated rings. The van der Waals surface area contributed by atoms with Crippen LogP contribution in [0.1, 0.15) is 114 Å². The molecule has 2 aliphatic carbocycles. The van der Waals surface area contributed by atoms with Crippen LogP contribution in [0.25, 0.3) is 20.4 Å². The first kappa shape index (κ1) is 65.9. The molecule has 12 rings (SSSR count). The number of hydrogen-bond acceptors (Lipinski definition) is 14. The van der Waals surface area contributed by atoms with Crippen molar-refractivity contribution in [3.8, 4) is 10.4 Å². The third-order valence-electron chi connectivity index (χ3n) is 18.2. The fraction of sp³-hybridized carbons (Fsp3) is 0.463. The number of halogens is 2. The van der Waals surface area contributed by atoms with Gasteiger partial charge in [0.15, 0.2) is 11.6 Å². The van der Waals surface area contributed by atoms with Crippen LogP contribution in [0.5, 0.6) is 10.4 Å². The number of nitrogens with zero attached hydrogens (tertiary/aromatic N) is 4. The van der Waals surface area contributed by atoms with E-state index in [1.807, 2.05) is 103 Å². The molecule has 2 aromatic heterocycles. The van der Waals surface area contributed by atoms with E-state index >= 15 is 0 Å². The molecule has 2 saturated carbocycles. The van der Waals surface area contributed by atoms with E-state index < -0.39 is 35.0 Å². The van der Waals surface area contributed by atoms with Crippen LogP contribution in [-0.2, 0) is 46.3 Å². The Bertz CT molecular complexity index is 3460. The van der Waals surface area contributed by atoms with Crippen molar-refractivity contribution in [2.75, 3.05) is 20.2 Å². The van der Waals surface area contributed by atoms with Crippen LogP contribution in [-0.4, -0.2) is 110 Å². The minimum absolute atomic E-state index is 0. The average Bonchev–Trinajstić information content (AvgIpc) is 1.69. The fourth-order valence-electron chi connectivity index (χ4n) is 13.4. The number of carboxylic acids is 1. The molecule has 0 spiro atoms. The number of ketones is 2. The maximum absolute atomic E-state index is 14.4. The van der Waals surface area contributed by atoms with Gasteiger partial charge in [0, 0.05) is 47.6 Å². The number of benzene rings is 4. The van der Waals surface area contributed by atoms with E-state index in [1.54, 1.807) is 9.80 Å². The molecule has 0 unspecified atom stereocenters. The zero-order chi connectivity index (χ0) is 59.2. The molecule has 4 aromatic carbocycles. The molecule has 6 aromatic rings. The van der Waals surface area contributed by atoms with E-state index in [2.05, 4.69) is 28.2 Å². The van der Waals surface area contributed by atoms with Crippen molar-refractivity contribution in [1.29, 1.82) is 0 Å². The van der Waals surface area contributed by atoms with Crippen LogP contribution < -0.4 is 39.0 Å². The van der Waals surface area contributed by atoms with E-state index in [0.29, 0.717) is 71.9 Å². The molecule has 6 heterocycles. The number of Topliss-reactive ketones (excluding diaryl/α,β-unsaturated/α-hetero) is 2. The van der Waals surface area contributed by atoms with Gasteiger partial charge in [-0.15, -0.1) is 0 Å². The largest absolute Gasteiger partial charge is 1.00 e. The Hall–Kier alpha value is -5.50. The van der Waals surface area contributed by atoms with Gasteiger partial charge in [0.1, 0.15) is 12.2 Å². The Morgan fingerprint density at radius 3 is 1.52 bits per heavy atom. The Kier molecular flexibility index (Phi) is 22.3. The van der Waals surface area contributed by atoms with Crippen LogP contribution in [0, 0.1) is 34.5 Å². The van der Waals surface area contributed by atoms with Gasteiger partial charge in [-0.05, 0) is 136 Å². The van der Waals surface area contributed by atoms with Crippen LogP contribution in [0.15, 0.2) is 121 Å². The summed E-state index contributed by atoms with van der Waals surface area (Å²) in [6.45, 7) is 0.562. The maximum atomic E-state index is 14.4. The first-order valence-electron chi connectivity index (χ1n) is 30.0. The van der Waals surface area contributed by atoms with Crippen LogP contribution >= 0.6 is 45.9 Å². The summed E-state index contributed by atoms with van der Waals surface area (Å²) in [6.07, 6.45) is 19.2. The third-order valence-corrected chi connectivity index (χ3v) is 20.5. The smallest absolute Gasteiger partial charge is 0.870 e. The number of para-hydroxylation sites is 2. The number of hydrogen-bond donors (Lipinski definition) is 1. The Balaban J connectivity index is 0.000000203. The van der Waals surface area contributed by atoms with Gasteiger partial charge in [0.05, 0.1) is 63.5 Å². The second-order valence-electron chi connectivity index (χ2n) is 24.1. The summed E-state index contributed by atoms with van der Waals surface area (Å²) >= 11 is 15.5. The first-order valence-corrected chi connectivity index (χ1v) is 32.4. The van der Waals surface area contributed by atoms with Crippen molar-refractivity contribution in [1.82, 2.24) is 19.8 Å². The third kappa shape index (κ3) is 15.6. The second kappa shape index (κ2) is 29.4. The SMILES string of the molecule is COC(=O)[C@]12CC(=O)[C@@H]3C[C@@H](Oc4nc5ccccc5s4)CN3C(=O)[C@@H](Cc3cccc(Cl)c3)CCCCC/C=C\[C@@H]1C2.O=C1C[C@]2(C(=O)O)C[C@H]2/C=C\CCCCC[C@H](Cc2cccc(Cl)c2)C(=O)N2C[C@H](Oc3nc4ccccc4s3)C[C@@H]12.[Na+].[OH-]. The number of aromatic nitrogens is 2. The monoisotopic (exact) mass is 1270 g/mol.